The second kappa shape index (κ2) is 9.81. The molecule has 0 aliphatic carbocycles. The first kappa shape index (κ1) is 21.8. The summed E-state index contributed by atoms with van der Waals surface area (Å²) in [6, 6.07) is 17.8. The topological polar surface area (TPSA) is 67.3 Å². The molecular weight excluding hydrogens is 400 g/mol. The molecule has 2 heterocycles. The lowest BCUT2D eigenvalue weighted by Crippen LogP contribution is -2.40. The molecule has 2 aromatic carbocycles. The Morgan fingerprint density at radius 3 is 2.56 bits per heavy atom. The molecule has 32 heavy (non-hydrogen) atoms. The van der Waals surface area contributed by atoms with Gasteiger partial charge in [-0.1, -0.05) is 30.3 Å². The molecule has 0 unspecified atom stereocenters. The van der Waals surface area contributed by atoms with Crippen LogP contribution in [0.4, 0.5) is 5.82 Å². The van der Waals surface area contributed by atoms with Crippen molar-refractivity contribution in [1.29, 1.82) is 0 Å². The fourth-order valence-electron chi connectivity index (χ4n) is 4.14. The highest BCUT2D eigenvalue weighted by Gasteiger charge is 2.26. The van der Waals surface area contributed by atoms with Gasteiger partial charge in [0.1, 0.15) is 17.1 Å². The van der Waals surface area contributed by atoms with Crippen LogP contribution in [0.2, 0.25) is 0 Å². The number of nitrogens with one attached hydrogen (secondary N) is 1. The average Bonchev–Trinajstić information content (AvgIpc) is 2.84. The van der Waals surface area contributed by atoms with Gasteiger partial charge in [-0.2, -0.15) is 0 Å². The minimum Gasteiger partial charge on any atom is -0.497 e. The predicted molar refractivity (Wildman–Crippen MR) is 127 cm³/mol. The molecule has 0 spiro atoms. The molecule has 0 radical (unpaired) electrons. The standard InChI is InChI=1S/C26H30N4O2/c1-18-9-7-8-16-30(18)25-23(26(31)28-19(2)20-10-5-4-6-11-20)17-27-24(29-25)21-12-14-22(32-3)15-13-21/h4-6,10-15,17-19H,7-9,16H2,1-3H3,(H,28,31)/t18-,19-/m0/s1. The molecule has 1 aliphatic rings. The van der Waals surface area contributed by atoms with Crippen molar-refractivity contribution in [2.45, 2.75) is 45.2 Å². The van der Waals surface area contributed by atoms with Crippen molar-refractivity contribution in [2.24, 2.45) is 0 Å². The van der Waals surface area contributed by atoms with E-state index in [1.165, 1.54) is 6.42 Å². The molecule has 1 amide bonds. The van der Waals surface area contributed by atoms with Crippen molar-refractivity contribution >= 4 is 11.7 Å². The first-order valence-electron chi connectivity index (χ1n) is 11.2. The van der Waals surface area contributed by atoms with E-state index in [1.54, 1.807) is 13.3 Å². The lowest BCUT2D eigenvalue weighted by Gasteiger charge is -2.35. The number of nitrogens with zero attached hydrogens (tertiary/aromatic N) is 3. The van der Waals surface area contributed by atoms with Gasteiger partial charge in [-0.3, -0.25) is 4.79 Å². The van der Waals surface area contributed by atoms with Gasteiger partial charge in [0.25, 0.3) is 5.91 Å². The van der Waals surface area contributed by atoms with Crippen molar-refractivity contribution < 1.29 is 9.53 Å². The number of benzene rings is 2. The van der Waals surface area contributed by atoms with E-state index >= 15 is 0 Å². The number of carbonyl (C=O) groups is 1. The Balaban J connectivity index is 1.67. The van der Waals surface area contributed by atoms with Gasteiger partial charge in [-0.05, 0) is 62.9 Å². The van der Waals surface area contributed by atoms with Gasteiger partial charge in [-0.25, -0.2) is 9.97 Å². The maximum atomic E-state index is 13.3. The summed E-state index contributed by atoms with van der Waals surface area (Å²) in [5.41, 5.74) is 2.46. The van der Waals surface area contributed by atoms with Crippen molar-refractivity contribution in [2.75, 3.05) is 18.6 Å². The molecule has 6 nitrogen and oxygen atoms in total. The van der Waals surface area contributed by atoms with E-state index in [4.69, 9.17) is 9.72 Å². The van der Waals surface area contributed by atoms with Gasteiger partial charge in [0.15, 0.2) is 5.82 Å². The van der Waals surface area contributed by atoms with Crippen LogP contribution >= 0.6 is 0 Å². The molecule has 166 valence electrons. The Morgan fingerprint density at radius 1 is 1.12 bits per heavy atom. The number of ether oxygens (including phenoxy) is 1. The van der Waals surface area contributed by atoms with Crippen LogP contribution in [-0.2, 0) is 0 Å². The first-order chi connectivity index (χ1) is 15.6. The van der Waals surface area contributed by atoms with Gasteiger partial charge in [0.2, 0.25) is 0 Å². The molecule has 1 saturated heterocycles. The summed E-state index contributed by atoms with van der Waals surface area (Å²) in [5, 5.41) is 3.12. The molecule has 2 atom stereocenters. The summed E-state index contributed by atoms with van der Waals surface area (Å²) in [4.78, 5) is 25.0. The molecule has 1 N–H and O–H groups in total. The SMILES string of the molecule is COc1ccc(-c2ncc(C(=O)N[C@@H](C)c3ccccc3)c(N3CCCC[C@@H]3C)n2)cc1. The van der Waals surface area contributed by atoms with Crippen molar-refractivity contribution in [3.63, 3.8) is 0 Å². The van der Waals surface area contributed by atoms with Crippen LogP contribution in [-0.4, -0.2) is 35.6 Å². The fraction of sp³-hybridized carbons (Fsp3) is 0.346. The second-order valence-corrected chi connectivity index (χ2v) is 8.30. The summed E-state index contributed by atoms with van der Waals surface area (Å²) >= 11 is 0. The Morgan fingerprint density at radius 2 is 1.88 bits per heavy atom. The van der Waals surface area contributed by atoms with Crippen molar-refractivity contribution in [3.05, 3.63) is 71.9 Å². The molecular formula is C26H30N4O2. The Kier molecular flexibility index (Phi) is 6.69. The summed E-state index contributed by atoms with van der Waals surface area (Å²) in [7, 11) is 1.64. The molecule has 1 aliphatic heterocycles. The third-order valence-electron chi connectivity index (χ3n) is 6.08. The number of piperidine rings is 1. The van der Waals surface area contributed by atoms with Gasteiger partial charge in [0.05, 0.1) is 13.2 Å². The highest BCUT2D eigenvalue weighted by atomic mass is 16.5. The lowest BCUT2D eigenvalue weighted by molar-refractivity contribution is 0.0939. The number of hydrogen-bond acceptors (Lipinski definition) is 5. The summed E-state index contributed by atoms with van der Waals surface area (Å²) in [6.45, 7) is 5.07. The molecule has 1 aromatic heterocycles. The molecule has 0 saturated carbocycles. The summed E-state index contributed by atoms with van der Waals surface area (Å²) < 4.78 is 5.26. The summed E-state index contributed by atoms with van der Waals surface area (Å²) in [6.07, 6.45) is 5.04. The Hall–Kier alpha value is -3.41. The van der Waals surface area contributed by atoms with E-state index in [0.717, 1.165) is 36.3 Å². The van der Waals surface area contributed by atoms with Crippen LogP contribution in [0.1, 0.15) is 55.1 Å². The molecule has 6 heteroatoms. The maximum absolute atomic E-state index is 13.3. The van der Waals surface area contributed by atoms with Crippen LogP contribution in [0.3, 0.4) is 0 Å². The van der Waals surface area contributed by atoms with Gasteiger partial charge < -0.3 is 15.0 Å². The zero-order valence-electron chi connectivity index (χ0n) is 18.9. The number of carbonyl (C=O) groups excluding carboxylic acids is 1. The van der Waals surface area contributed by atoms with E-state index in [1.807, 2.05) is 61.5 Å². The number of amides is 1. The Bertz CT molecular complexity index is 1050. The third-order valence-corrected chi connectivity index (χ3v) is 6.08. The highest BCUT2D eigenvalue weighted by Crippen LogP contribution is 2.29. The number of methoxy groups -OCH3 is 1. The second-order valence-electron chi connectivity index (χ2n) is 8.30. The quantitative estimate of drug-likeness (QED) is 0.595. The number of anilines is 1. The predicted octanol–water partition coefficient (Wildman–Crippen LogP) is 5.02. The van der Waals surface area contributed by atoms with Crippen LogP contribution in [0.25, 0.3) is 11.4 Å². The van der Waals surface area contributed by atoms with E-state index in [0.29, 0.717) is 23.2 Å². The zero-order valence-corrected chi connectivity index (χ0v) is 18.9. The van der Waals surface area contributed by atoms with E-state index in [9.17, 15) is 4.79 Å². The normalized spacial score (nSPS) is 17.0. The van der Waals surface area contributed by atoms with Crippen molar-refractivity contribution in [3.8, 4) is 17.1 Å². The van der Waals surface area contributed by atoms with Crippen molar-refractivity contribution in [1.82, 2.24) is 15.3 Å². The lowest BCUT2D eigenvalue weighted by atomic mass is 10.0. The Labute approximate surface area is 189 Å². The van der Waals surface area contributed by atoms with E-state index in [2.05, 4.69) is 22.1 Å². The molecule has 0 bridgehead atoms. The highest BCUT2D eigenvalue weighted by molar-refractivity contribution is 5.99. The number of aromatic nitrogens is 2. The van der Waals surface area contributed by atoms with Gasteiger partial charge in [-0.15, -0.1) is 0 Å². The fourth-order valence-corrected chi connectivity index (χ4v) is 4.14. The van der Waals surface area contributed by atoms with Gasteiger partial charge >= 0.3 is 0 Å². The van der Waals surface area contributed by atoms with Crippen LogP contribution in [0, 0.1) is 0 Å². The maximum Gasteiger partial charge on any atom is 0.257 e. The van der Waals surface area contributed by atoms with E-state index in [-0.39, 0.29) is 11.9 Å². The third kappa shape index (κ3) is 4.74. The number of hydrogen-bond donors (Lipinski definition) is 1. The minimum absolute atomic E-state index is 0.114. The molecule has 1 fully saturated rings. The van der Waals surface area contributed by atoms with Crippen LogP contribution in [0.15, 0.2) is 60.8 Å². The van der Waals surface area contributed by atoms with E-state index < -0.39 is 0 Å². The first-order valence-corrected chi connectivity index (χ1v) is 11.2. The summed E-state index contributed by atoms with van der Waals surface area (Å²) in [5.74, 6) is 1.93. The van der Waals surface area contributed by atoms with Gasteiger partial charge in [0, 0.05) is 24.3 Å². The monoisotopic (exact) mass is 430 g/mol. The minimum atomic E-state index is -0.157. The zero-order chi connectivity index (χ0) is 22.5. The largest absolute Gasteiger partial charge is 0.497 e. The molecule has 4 rings (SSSR count). The van der Waals surface area contributed by atoms with Crippen LogP contribution < -0.4 is 15.0 Å². The molecule has 3 aromatic rings. The smallest absolute Gasteiger partial charge is 0.257 e. The average molecular weight is 431 g/mol. The number of rotatable bonds is 6. The van der Waals surface area contributed by atoms with Crippen LogP contribution in [0.5, 0.6) is 5.75 Å².